The lowest BCUT2D eigenvalue weighted by molar-refractivity contribution is -0.143. The van der Waals surface area contributed by atoms with E-state index in [0.29, 0.717) is 0 Å². The molecule has 3 heteroatoms. The van der Waals surface area contributed by atoms with Gasteiger partial charge in [0.1, 0.15) is 11.9 Å². The molecule has 1 rings (SSSR count). The smallest absolute Gasteiger partial charge is 0.331 e. The highest BCUT2D eigenvalue weighted by atomic mass is 16.5. The van der Waals surface area contributed by atoms with Crippen molar-refractivity contribution in [2.75, 3.05) is 0 Å². The third-order valence-electron chi connectivity index (χ3n) is 5.60. The zero-order valence-corrected chi connectivity index (χ0v) is 19.4. The molecule has 0 aliphatic carbocycles. The van der Waals surface area contributed by atoms with Gasteiger partial charge in [-0.05, 0) is 43.0 Å². The summed E-state index contributed by atoms with van der Waals surface area (Å²) < 4.78 is 5.71. The molecule has 0 aliphatic rings. The van der Waals surface area contributed by atoms with Crippen molar-refractivity contribution in [1.29, 1.82) is 0 Å². The maximum atomic E-state index is 12.2. The Labute approximate surface area is 184 Å². The molecule has 3 nitrogen and oxygen atoms in total. The van der Waals surface area contributed by atoms with Gasteiger partial charge in [-0.25, -0.2) is 4.79 Å². The summed E-state index contributed by atoms with van der Waals surface area (Å²) in [5, 5.41) is 9.32. The van der Waals surface area contributed by atoms with Crippen LogP contribution >= 0.6 is 0 Å². The summed E-state index contributed by atoms with van der Waals surface area (Å²) in [4.78, 5) is 12.2. The molecular weight excluding hydrogens is 372 g/mol. The van der Waals surface area contributed by atoms with Gasteiger partial charge in [0.05, 0.1) is 0 Å². The van der Waals surface area contributed by atoms with E-state index in [1.807, 2.05) is 0 Å². The molecule has 0 aromatic heterocycles. The van der Waals surface area contributed by atoms with Crippen LogP contribution in [-0.4, -0.2) is 17.2 Å². The van der Waals surface area contributed by atoms with Crippen LogP contribution in [-0.2, 0) is 9.53 Å². The summed E-state index contributed by atoms with van der Waals surface area (Å²) in [5.41, 5.74) is 0.875. The van der Waals surface area contributed by atoms with E-state index in [1.54, 1.807) is 30.3 Å². The number of hydrogen-bond acceptors (Lipinski definition) is 3. The molecule has 1 aromatic carbocycles. The number of phenols is 1. The summed E-state index contributed by atoms with van der Waals surface area (Å²) in [6.07, 6.45) is 22.1. The highest BCUT2D eigenvalue weighted by Gasteiger charge is 2.12. The molecule has 1 N–H and O–H groups in total. The highest BCUT2D eigenvalue weighted by Crippen LogP contribution is 2.17. The van der Waals surface area contributed by atoms with Gasteiger partial charge in [-0.15, -0.1) is 0 Å². The van der Waals surface area contributed by atoms with Crippen LogP contribution in [0.5, 0.6) is 5.75 Å². The minimum absolute atomic E-state index is 0.0282. The Balaban J connectivity index is 2.19. The van der Waals surface area contributed by atoms with Crippen molar-refractivity contribution in [3.05, 3.63) is 35.9 Å². The van der Waals surface area contributed by atoms with Gasteiger partial charge >= 0.3 is 5.97 Å². The largest absolute Gasteiger partial charge is 0.508 e. The summed E-state index contributed by atoms with van der Waals surface area (Å²) in [7, 11) is 0. The second-order valence-electron chi connectivity index (χ2n) is 8.45. The zero-order chi connectivity index (χ0) is 21.9. The molecule has 0 heterocycles. The first-order valence-corrected chi connectivity index (χ1v) is 12.3. The standard InChI is InChI=1S/C27H44O3/c1-3-5-7-8-9-10-11-12-13-14-15-17-26(16-6-4-2)30-27(29)23-20-24-18-21-25(28)22-19-24/h18-23,26,28H,3-17H2,1-2H3. The molecule has 30 heavy (non-hydrogen) atoms. The average molecular weight is 417 g/mol. The van der Waals surface area contributed by atoms with E-state index in [-0.39, 0.29) is 17.8 Å². The van der Waals surface area contributed by atoms with Crippen LogP contribution in [0.1, 0.15) is 116 Å². The van der Waals surface area contributed by atoms with Gasteiger partial charge in [-0.3, -0.25) is 0 Å². The van der Waals surface area contributed by atoms with E-state index in [1.165, 1.54) is 70.3 Å². The summed E-state index contributed by atoms with van der Waals surface area (Å²) in [5.74, 6) is -0.0476. The van der Waals surface area contributed by atoms with Gasteiger partial charge in [-0.1, -0.05) is 103 Å². The first-order valence-electron chi connectivity index (χ1n) is 12.3. The molecule has 0 amide bonds. The molecule has 170 valence electrons. The van der Waals surface area contributed by atoms with Crippen molar-refractivity contribution in [2.45, 2.75) is 116 Å². The number of aromatic hydroxyl groups is 1. The van der Waals surface area contributed by atoms with Gasteiger partial charge in [0, 0.05) is 6.08 Å². The fraction of sp³-hybridized carbons (Fsp3) is 0.667. The van der Waals surface area contributed by atoms with Crippen molar-refractivity contribution in [2.24, 2.45) is 0 Å². The van der Waals surface area contributed by atoms with Crippen LogP contribution in [0.4, 0.5) is 0 Å². The molecule has 0 bridgehead atoms. The Morgan fingerprint density at radius 3 is 1.87 bits per heavy atom. The average Bonchev–Trinajstić information content (AvgIpc) is 2.75. The number of ether oxygens (including phenoxy) is 1. The molecule has 1 atom stereocenters. The quantitative estimate of drug-likeness (QED) is 0.149. The molecule has 0 radical (unpaired) electrons. The van der Waals surface area contributed by atoms with Gasteiger partial charge < -0.3 is 9.84 Å². The monoisotopic (exact) mass is 416 g/mol. The van der Waals surface area contributed by atoms with Crippen LogP contribution in [0.3, 0.4) is 0 Å². The lowest BCUT2D eigenvalue weighted by Crippen LogP contribution is -2.17. The molecule has 1 aromatic rings. The molecular formula is C27H44O3. The van der Waals surface area contributed by atoms with Crippen molar-refractivity contribution in [1.82, 2.24) is 0 Å². The minimum Gasteiger partial charge on any atom is -0.508 e. The molecule has 0 saturated carbocycles. The van der Waals surface area contributed by atoms with Crippen LogP contribution < -0.4 is 0 Å². The Bertz CT molecular complexity index is 562. The number of hydrogen-bond donors (Lipinski definition) is 1. The van der Waals surface area contributed by atoms with Gasteiger partial charge in [0.15, 0.2) is 0 Å². The molecule has 0 aliphatic heterocycles. The second kappa shape index (κ2) is 18.0. The summed E-state index contributed by atoms with van der Waals surface area (Å²) >= 11 is 0. The second-order valence-corrected chi connectivity index (χ2v) is 8.45. The zero-order valence-electron chi connectivity index (χ0n) is 19.4. The van der Waals surface area contributed by atoms with E-state index >= 15 is 0 Å². The first kappa shape index (κ1) is 26.3. The van der Waals surface area contributed by atoms with E-state index in [2.05, 4.69) is 13.8 Å². The van der Waals surface area contributed by atoms with Crippen molar-refractivity contribution >= 4 is 12.0 Å². The third-order valence-corrected chi connectivity index (χ3v) is 5.60. The highest BCUT2D eigenvalue weighted by molar-refractivity contribution is 5.87. The summed E-state index contributed by atoms with van der Waals surface area (Å²) in [6, 6.07) is 6.78. The number of unbranched alkanes of at least 4 members (excludes halogenated alkanes) is 11. The SMILES string of the molecule is CCCCCCCCCCCCCC(CCCC)OC(=O)C=Cc1ccc(O)cc1. The number of esters is 1. The number of phenolic OH excluding ortho intramolecular Hbond substituents is 1. The number of benzene rings is 1. The number of rotatable bonds is 18. The van der Waals surface area contributed by atoms with Gasteiger partial charge in [0.2, 0.25) is 0 Å². The lowest BCUT2D eigenvalue weighted by atomic mass is 10.0. The Kier molecular flexibility index (Phi) is 15.8. The van der Waals surface area contributed by atoms with E-state index in [9.17, 15) is 9.90 Å². The van der Waals surface area contributed by atoms with Crippen LogP contribution in [0.2, 0.25) is 0 Å². The maximum Gasteiger partial charge on any atom is 0.331 e. The maximum absolute atomic E-state index is 12.2. The summed E-state index contributed by atoms with van der Waals surface area (Å²) in [6.45, 7) is 4.44. The van der Waals surface area contributed by atoms with Crippen LogP contribution in [0.25, 0.3) is 6.08 Å². The van der Waals surface area contributed by atoms with Crippen molar-refractivity contribution in [3.8, 4) is 5.75 Å². The normalized spacial score (nSPS) is 12.3. The van der Waals surface area contributed by atoms with Crippen LogP contribution in [0, 0.1) is 0 Å². The van der Waals surface area contributed by atoms with Crippen molar-refractivity contribution in [3.63, 3.8) is 0 Å². The predicted molar refractivity (Wildman–Crippen MR) is 128 cm³/mol. The van der Waals surface area contributed by atoms with Crippen LogP contribution in [0.15, 0.2) is 30.3 Å². The van der Waals surface area contributed by atoms with Gasteiger partial charge in [-0.2, -0.15) is 0 Å². The first-order chi connectivity index (χ1) is 14.7. The molecule has 0 spiro atoms. The fourth-order valence-corrected chi connectivity index (χ4v) is 3.68. The van der Waals surface area contributed by atoms with E-state index < -0.39 is 0 Å². The number of carbonyl (C=O) groups excluding carboxylic acids is 1. The minimum atomic E-state index is -0.271. The molecule has 1 unspecified atom stereocenters. The number of carbonyl (C=O) groups is 1. The van der Waals surface area contributed by atoms with E-state index in [4.69, 9.17) is 4.74 Å². The Hall–Kier alpha value is -1.77. The third kappa shape index (κ3) is 14.3. The van der Waals surface area contributed by atoms with Crippen molar-refractivity contribution < 1.29 is 14.6 Å². The Morgan fingerprint density at radius 1 is 0.800 bits per heavy atom. The van der Waals surface area contributed by atoms with E-state index in [0.717, 1.165) is 37.7 Å². The van der Waals surface area contributed by atoms with Gasteiger partial charge in [0.25, 0.3) is 0 Å². The molecule has 0 fully saturated rings. The lowest BCUT2D eigenvalue weighted by Gasteiger charge is -2.16. The fourth-order valence-electron chi connectivity index (χ4n) is 3.68. The predicted octanol–water partition coefficient (Wildman–Crippen LogP) is 8.21. The topological polar surface area (TPSA) is 46.5 Å². The Morgan fingerprint density at radius 2 is 1.30 bits per heavy atom. The molecule has 0 saturated heterocycles.